The first-order valence-electron chi connectivity index (χ1n) is 6.58. The summed E-state index contributed by atoms with van der Waals surface area (Å²) in [5.41, 5.74) is 0. The molecule has 2 amide bonds. The van der Waals surface area contributed by atoms with E-state index in [-0.39, 0.29) is 23.8 Å². The summed E-state index contributed by atoms with van der Waals surface area (Å²) in [6.07, 6.45) is 4.63. The number of likely N-dealkylation sites (tertiary alicyclic amines) is 1. The average molecular weight is 264 g/mol. The van der Waals surface area contributed by atoms with Crippen molar-refractivity contribution < 1.29 is 9.59 Å². The molecule has 0 spiro atoms. The van der Waals surface area contributed by atoms with Crippen molar-refractivity contribution in [2.75, 3.05) is 13.6 Å². The molecule has 1 saturated heterocycles. The summed E-state index contributed by atoms with van der Waals surface area (Å²) in [4.78, 5) is 25.3. The molecule has 0 bridgehead atoms. The van der Waals surface area contributed by atoms with Crippen LogP contribution < -0.4 is 5.32 Å². The summed E-state index contributed by atoms with van der Waals surface area (Å²) in [7, 11) is 1.77. The molecule has 1 aliphatic rings. The first-order chi connectivity index (χ1) is 9.06. The van der Waals surface area contributed by atoms with Gasteiger partial charge in [-0.05, 0) is 19.4 Å². The van der Waals surface area contributed by atoms with Crippen molar-refractivity contribution in [2.24, 2.45) is 5.92 Å². The van der Waals surface area contributed by atoms with Gasteiger partial charge in [0, 0.05) is 44.4 Å². The Bertz CT molecular complexity index is 444. The lowest BCUT2D eigenvalue weighted by atomic mass is 9.95. The Balaban J connectivity index is 1.82. The Morgan fingerprint density at radius 1 is 1.63 bits per heavy atom. The van der Waals surface area contributed by atoms with Crippen LogP contribution in [-0.4, -0.2) is 46.1 Å². The van der Waals surface area contributed by atoms with E-state index in [0.29, 0.717) is 19.5 Å². The third-order valence-electron chi connectivity index (χ3n) is 3.44. The third-order valence-corrected chi connectivity index (χ3v) is 3.44. The van der Waals surface area contributed by atoms with Gasteiger partial charge in [0.15, 0.2) is 0 Å². The Kier molecular flexibility index (Phi) is 4.19. The predicted molar refractivity (Wildman–Crippen MR) is 70.2 cm³/mol. The van der Waals surface area contributed by atoms with Crippen LogP contribution in [-0.2, 0) is 16.1 Å². The minimum absolute atomic E-state index is 0.00200. The van der Waals surface area contributed by atoms with Gasteiger partial charge in [0.25, 0.3) is 0 Å². The number of carbonyl (C=O) groups excluding carboxylic acids is 2. The molecule has 1 aromatic rings. The molecule has 0 unspecified atom stereocenters. The second-order valence-electron chi connectivity index (χ2n) is 5.14. The molecule has 6 heteroatoms. The molecule has 1 N–H and O–H groups in total. The molecule has 0 radical (unpaired) electrons. The van der Waals surface area contributed by atoms with Gasteiger partial charge < -0.3 is 10.2 Å². The van der Waals surface area contributed by atoms with E-state index < -0.39 is 0 Å². The van der Waals surface area contributed by atoms with Crippen molar-refractivity contribution in [2.45, 2.75) is 32.4 Å². The van der Waals surface area contributed by atoms with Crippen LogP contribution in [0, 0.1) is 5.92 Å². The maximum absolute atomic E-state index is 12.1. The van der Waals surface area contributed by atoms with Crippen LogP contribution >= 0.6 is 0 Å². The van der Waals surface area contributed by atoms with E-state index in [1.165, 1.54) is 0 Å². The van der Waals surface area contributed by atoms with E-state index in [9.17, 15) is 9.59 Å². The van der Waals surface area contributed by atoms with Crippen LogP contribution in [0.1, 0.15) is 19.8 Å². The molecule has 19 heavy (non-hydrogen) atoms. The van der Waals surface area contributed by atoms with Crippen molar-refractivity contribution in [1.82, 2.24) is 20.0 Å². The SMILES string of the molecule is C[C@@H](Cn1cccn1)NC(=O)[C@H]1CCN(C)C(=O)C1. The van der Waals surface area contributed by atoms with E-state index in [1.54, 1.807) is 22.8 Å². The predicted octanol–water partition coefficient (Wildman–Crippen LogP) is 0.256. The summed E-state index contributed by atoms with van der Waals surface area (Å²) in [6.45, 7) is 3.24. The lowest BCUT2D eigenvalue weighted by Crippen LogP contribution is -2.45. The number of carbonyl (C=O) groups is 2. The molecule has 0 aliphatic carbocycles. The average Bonchev–Trinajstić information content (AvgIpc) is 2.85. The zero-order valence-electron chi connectivity index (χ0n) is 11.4. The minimum Gasteiger partial charge on any atom is -0.352 e. The Morgan fingerprint density at radius 2 is 2.42 bits per heavy atom. The van der Waals surface area contributed by atoms with E-state index in [1.807, 2.05) is 19.2 Å². The van der Waals surface area contributed by atoms with Gasteiger partial charge >= 0.3 is 0 Å². The summed E-state index contributed by atoms with van der Waals surface area (Å²) < 4.78 is 1.78. The van der Waals surface area contributed by atoms with Crippen molar-refractivity contribution in [3.05, 3.63) is 18.5 Å². The molecule has 0 aromatic carbocycles. The highest BCUT2D eigenvalue weighted by molar-refractivity contribution is 5.86. The Morgan fingerprint density at radius 3 is 3.05 bits per heavy atom. The monoisotopic (exact) mass is 264 g/mol. The van der Waals surface area contributed by atoms with Gasteiger partial charge in [0.1, 0.15) is 0 Å². The molecule has 0 saturated carbocycles. The fourth-order valence-corrected chi connectivity index (χ4v) is 2.26. The van der Waals surface area contributed by atoms with E-state index in [2.05, 4.69) is 10.4 Å². The van der Waals surface area contributed by atoms with Crippen LogP contribution in [0.25, 0.3) is 0 Å². The summed E-state index contributed by atoms with van der Waals surface area (Å²) in [5.74, 6) is -0.170. The highest BCUT2D eigenvalue weighted by Crippen LogP contribution is 2.17. The van der Waals surface area contributed by atoms with E-state index in [4.69, 9.17) is 0 Å². The van der Waals surface area contributed by atoms with Gasteiger partial charge in [-0.3, -0.25) is 14.3 Å². The molecule has 1 aromatic heterocycles. The van der Waals surface area contributed by atoms with Crippen LogP contribution in [0.15, 0.2) is 18.5 Å². The Hall–Kier alpha value is -1.85. The van der Waals surface area contributed by atoms with Gasteiger partial charge in [-0.15, -0.1) is 0 Å². The number of rotatable bonds is 4. The minimum atomic E-state index is -0.191. The van der Waals surface area contributed by atoms with Crippen LogP contribution in [0.2, 0.25) is 0 Å². The number of aromatic nitrogens is 2. The number of amides is 2. The van der Waals surface area contributed by atoms with Gasteiger partial charge in [-0.25, -0.2) is 0 Å². The normalized spacial score (nSPS) is 21.3. The summed E-state index contributed by atoms with van der Waals surface area (Å²) in [6, 6.07) is 1.85. The maximum Gasteiger partial charge on any atom is 0.223 e. The standard InChI is InChI=1S/C13H20N4O2/c1-10(9-17-6-3-5-14-17)15-13(19)11-4-7-16(2)12(18)8-11/h3,5-6,10-11H,4,7-9H2,1-2H3,(H,15,19)/t10-,11-/m0/s1. The maximum atomic E-state index is 12.1. The van der Waals surface area contributed by atoms with E-state index in [0.717, 1.165) is 6.42 Å². The second-order valence-corrected chi connectivity index (χ2v) is 5.14. The lowest BCUT2D eigenvalue weighted by molar-refractivity contribution is -0.139. The molecular weight excluding hydrogens is 244 g/mol. The smallest absolute Gasteiger partial charge is 0.223 e. The van der Waals surface area contributed by atoms with Crippen LogP contribution in [0.3, 0.4) is 0 Å². The van der Waals surface area contributed by atoms with Crippen molar-refractivity contribution in [1.29, 1.82) is 0 Å². The molecule has 2 heterocycles. The fourth-order valence-electron chi connectivity index (χ4n) is 2.26. The molecule has 104 valence electrons. The zero-order chi connectivity index (χ0) is 13.8. The van der Waals surface area contributed by atoms with Gasteiger partial charge in [-0.2, -0.15) is 5.10 Å². The first-order valence-corrected chi connectivity index (χ1v) is 6.58. The molecule has 2 rings (SSSR count). The Labute approximate surface area is 112 Å². The van der Waals surface area contributed by atoms with Gasteiger partial charge in [0.05, 0.1) is 6.54 Å². The summed E-state index contributed by atoms with van der Waals surface area (Å²) >= 11 is 0. The lowest BCUT2D eigenvalue weighted by Gasteiger charge is -2.28. The van der Waals surface area contributed by atoms with Gasteiger partial charge in [-0.1, -0.05) is 0 Å². The number of hydrogen-bond donors (Lipinski definition) is 1. The highest BCUT2D eigenvalue weighted by atomic mass is 16.2. The molecule has 1 fully saturated rings. The summed E-state index contributed by atoms with van der Waals surface area (Å²) in [5, 5.41) is 7.06. The molecule has 6 nitrogen and oxygen atoms in total. The highest BCUT2D eigenvalue weighted by Gasteiger charge is 2.29. The number of nitrogens with one attached hydrogen (secondary N) is 1. The molecular formula is C13H20N4O2. The van der Waals surface area contributed by atoms with Crippen LogP contribution in [0.4, 0.5) is 0 Å². The second kappa shape index (κ2) is 5.86. The van der Waals surface area contributed by atoms with Crippen molar-refractivity contribution >= 4 is 11.8 Å². The number of piperidine rings is 1. The van der Waals surface area contributed by atoms with Crippen molar-refractivity contribution in [3.63, 3.8) is 0 Å². The topological polar surface area (TPSA) is 67.2 Å². The van der Waals surface area contributed by atoms with E-state index >= 15 is 0 Å². The van der Waals surface area contributed by atoms with Crippen molar-refractivity contribution in [3.8, 4) is 0 Å². The number of nitrogens with zero attached hydrogens (tertiary/aromatic N) is 3. The quantitative estimate of drug-likeness (QED) is 0.848. The van der Waals surface area contributed by atoms with Crippen LogP contribution in [0.5, 0.6) is 0 Å². The largest absolute Gasteiger partial charge is 0.352 e. The zero-order valence-corrected chi connectivity index (χ0v) is 11.4. The fraction of sp³-hybridized carbons (Fsp3) is 0.615. The number of hydrogen-bond acceptors (Lipinski definition) is 3. The molecule has 2 atom stereocenters. The van der Waals surface area contributed by atoms with Gasteiger partial charge in [0.2, 0.25) is 11.8 Å². The first kappa shape index (κ1) is 13.6. The third kappa shape index (κ3) is 3.56. The molecule has 1 aliphatic heterocycles.